The topological polar surface area (TPSA) is 66.0 Å². The lowest BCUT2D eigenvalue weighted by molar-refractivity contribution is 0.285. The van der Waals surface area contributed by atoms with Crippen molar-refractivity contribution >= 4 is 0 Å². The maximum Gasteiger partial charge on any atom is 0.164 e. The predicted octanol–water partition coefficient (Wildman–Crippen LogP) is 1.72. The largest absolute Gasteiger partial charge is 0.485 e. The second-order valence-electron chi connectivity index (χ2n) is 4.42. The van der Waals surface area contributed by atoms with Crippen LogP contribution in [0.1, 0.15) is 29.9 Å². The van der Waals surface area contributed by atoms with Gasteiger partial charge in [-0.1, -0.05) is 17.7 Å². The van der Waals surface area contributed by atoms with E-state index in [1.807, 2.05) is 33.0 Å². The van der Waals surface area contributed by atoms with Gasteiger partial charge in [0.2, 0.25) is 0 Å². The molecule has 0 saturated carbocycles. The van der Waals surface area contributed by atoms with Crippen LogP contribution in [-0.2, 0) is 13.7 Å². The van der Waals surface area contributed by atoms with Gasteiger partial charge in [-0.05, 0) is 19.9 Å². The van der Waals surface area contributed by atoms with Crippen LogP contribution in [0.2, 0.25) is 0 Å². The van der Waals surface area contributed by atoms with E-state index in [0.29, 0.717) is 6.61 Å². The van der Waals surface area contributed by atoms with Crippen LogP contribution in [0.4, 0.5) is 0 Å². The predicted molar refractivity (Wildman–Crippen MR) is 69.1 cm³/mol. The third kappa shape index (κ3) is 2.68. The molecule has 96 valence electrons. The summed E-state index contributed by atoms with van der Waals surface area (Å²) in [6.07, 6.45) is 1.51. The molecule has 1 unspecified atom stereocenters. The normalized spacial score (nSPS) is 12.4. The first-order valence-electron chi connectivity index (χ1n) is 5.89. The number of rotatable bonds is 4. The van der Waals surface area contributed by atoms with E-state index in [2.05, 4.69) is 16.1 Å². The molecule has 1 aromatic heterocycles. The van der Waals surface area contributed by atoms with E-state index in [1.54, 1.807) is 4.68 Å². The average molecular weight is 246 g/mol. The molecule has 0 saturated heterocycles. The Balaban J connectivity index is 2.16. The third-order valence-corrected chi connectivity index (χ3v) is 2.82. The Bertz CT molecular complexity index is 534. The van der Waals surface area contributed by atoms with E-state index < -0.39 is 0 Å². The second kappa shape index (κ2) is 5.18. The SMILES string of the molecule is Cc1ccc(OCc2ncnn2C)c(C(C)N)c1. The number of ether oxygens (including phenoxy) is 1. The molecule has 2 aromatic rings. The maximum absolute atomic E-state index is 5.95. The van der Waals surface area contributed by atoms with Crippen molar-refractivity contribution in [3.8, 4) is 5.75 Å². The zero-order valence-electron chi connectivity index (χ0n) is 10.9. The average Bonchev–Trinajstić information content (AvgIpc) is 2.73. The van der Waals surface area contributed by atoms with Gasteiger partial charge in [-0.15, -0.1) is 0 Å². The summed E-state index contributed by atoms with van der Waals surface area (Å²) < 4.78 is 7.47. The minimum Gasteiger partial charge on any atom is -0.485 e. The molecule has 0 aliphatic rings. The maximum atomic E-state index is 5.95. The van der Waals surface area contributed by atoms with Crippen LogP contribution in [0.15, 0.2) is 24.5 Å². The Labute approximate surface area is 107 Å². The molecule has 18 heavy (non-hydrogen) atoms. The fourth-order valence-corrected chi connectivity index (χ4v) is 1.75. The Hall–Kier alpha value is -1.88. The van der Waals surface area contributed by atoms with E-state index in [1.165, 1.54) is 11.9 Å². The molecule has 5 heteroatoms. The molecule has 1 aromatic carbocycles. The van der Waals surface area contributed by atoms with E-state index >= 15 is 0 Å². The van der Waals surface area contributed by atoms with E-state index in [9.17, 15) is 0 Å². The van der Waals surface area contributed by atoms with Crippen molar-refractivity contribution in [2.45, 2.75) is 26.5 Å². The van der Waals surface area contributed by atoms with Crippen molar-refractivity contribution in [2.24, 2.45) is 12.8 Å². The molecule has 0 fully saturated rings. The quantitative estimate of drug-likeness (QED) is 0.892. The van der Waals surface area contributed by atoms with Gasteiger partial charge in [-0.25, -0.2) is 4.98 Å². The van der Waals surface area contributed by atoms with Crippen molar-refractivity contribution < 1.29 is 4.74 Å². The monoisotopic (exact) mass is 246 g/mol. The van der Waals surface area contributed by atoms with Crippen LogP contribution < -0.4 is 10.5 Å². The van der Waals surface area contributed by atoms with Gasteiger partial charge in [0, 0.05) is 18.7 Å². The van der Waals surface area contributed by atoms with Gasteiger partial charge in [0.25, 0.3) is 0 Å². The molecule has 0 aliphatic heterocycles. The first-order valence-corrected chi connectivity index (χ1v) is 5.89. The Morgan fingerprint density at radius 1 is 1.44 bits per heavy atom. The molecule has 1 atom stereocenters. The van der Waals surface area contributed by atoms with Crippen molar-refractivity contribution in [1.29, 1.82) is 0 Å². The lowest BCUT2D eigenvalue weighted by Crippen LogP contribution is -2.10. The van der Waals surface area contributed by atoms with Crippen molar-refractivity contribution in [3.63, 3.8) is 0 Å². The van der Waals surface area contributed by atoms with E-state index in [4.69, 9.17) is 10.5 Å². The smallest absolute Gasteiger partial charge is 0.164 e. The highest BCUT2D eigenvalue weighted by Gasteiger charge is 2.09. The molecule has 5 nitrogen and oxygen atoms in total. The summed E-state index contributed by atoms with van der Waals surface area (Å²) in [6, 6.07) is 5.96. The zero-order valence-corrected chi connectivity index (χ0v) is 10.9. The third-order valence-electron chi connectivity index (χ3n) is 2.82. The summed E-state index contributed by atoms with van der Waals surface area (Å²) in [5.41, 5.74) is 8.13. The molecule has 1 heterocycles. The minimum absolute atomic E-state index is 0.0561. The Morgan fingerprint density at radius 2 is 2.22 bits per heavy atom. The second-order valence-corrected chi connectivity index (χ2v) is 4.42. The molecule has 2 N–H and O–H groups in total. The van der Waals surface area contributed by atoms with E-state index in [-0.39, 0.29) is 6.04 Å². The molecular formula is C13H18N4O. The molecule has 2 rings (SSSR count). The molecule has 0 radical (unpaired) electrons. The summed E-state index contributed by atoms with van der Waals surface area (Å²) in [6.45, 7) is 4.38. The summed E-state index contributed by atoms with van der Waals surface area (Å²) in [4.78, 5) is 4.12. The number of aryl methyl sites for hydroxylation is 2. The summed E-state index contributed by atoms with van der Waals surface area (Å²) >= 11 is 0. The number of nitrogens with zero attached hydrogens (tertiary/aromatic N) is 3. The van der Waals surface area contributed by atoms with Crippen molar-refractivity contribution in [2.75, 3.05) is 0 Å². The Morgan fingerprint density at radius 3 is 2.83 bits per heavy atom. The fraction of sp³-hybridized carbons (Fsp3) is 0.385. The number of nitrogens with two attached hydrogens (primary N) is 1. The highest BCUT2D eigenvalue weighted by atomic mass is 16.5. The van der Waals surface area contributed by atoms with Crippen molar-refractivity contribution in [1.82, 2.24) is 14.8 Å². The molecular weight excluding hydrogens is 228 g/mol. The van der Waals surface area contributed by atoms with E-state index in [0.717, 1.165) is 17.1 Å². The zero-order chi connectivity index (χ0) is 13.1. The summed E-state index contributed by atoms with van der Waals surface area (Å²) in [7, 11) is 1.84. The summed E-state index contributed by atoms with van der Waals surface area (Å²) in [5, 5.41) is 4.00. The lowest BCUT2D eigenvalue weighted by atomic mass is 10.1. The highest BCUT2D eigenvalue weighted by Crippen LogP contribution is 2.25. The van der Waals surface area contributed by atoms with Crippen LogP contribution in [0, 0.1) is 6.92 Å². The van der Waals surface area contributed by atoms with Crippen LogP contribution in [-0.4, -0.2) is 14.8 Å². The van der Waals surface area contributed by atoms with Gasteiger partial charge in [0.05, 0.1) is 0 Å². The standard InChI is InChI=1S/C13H18N4O/c1-9-4-5-12(11(6-9)10(2)14)18-7-13-15-8-16-17(13)3/h4-6,8,10H,7,14H2,1-3H3. The van der Waals surface area contributed by atoms with Crippen molar-refractivity contribution in [3.05, 3.63) is 41.5 Å². The van der Waals surface area contributed by atoms with Gasteiger partial charge >= 0.3 is 0 Å². The van der Waals surface area contributed by atoms with Gasteiger partial charge in [0.1, 0.15) is 18.7 Å². The molecule has 0 aliphatic carbocycles. The lowest BCUT2D eigenvalue weighted by Gasteiger charge is -2.14. The van der Waals surface area contributed by atoms with Crippen LogP contribution in [0.25, 0.3) is 0 Å². The van der Waals surface area contributed by atoms with Gasteiger partial charge < -0.3 is 10.5 Å². The molecule has 0 amide bonds. The number of hydrogen-bond acceptors (Lipinski definition) is 4. The fourth-order valence-electron chi connectivity index (χ4n) is 1.75. The number of aromatic nitrogens is 3. The Kier molecular flexibility index (Phi) is 3.62. The first-order chi connectivity index (χ1) is 8.58. The molecule has 0 bridgehead atoms. The van der Waals surface area contributed by atoms with Crippen LogP contribution in [0.3, 0.4) is 0 Å². The minimum atomic E-state index is -0.0561. The number of benzene rings is 1. The summed E-state index contributed by atoms with van der Waals surface area (Å²) in [5.74, 6) is 1.59. The molecule has 0 spiro atoms. The number of hydrogen-bond donors (Lipinski definition) is 1. The highest BCUT2D eigenvalue weighted by molar-refractivity contribution is 5.38. The van der Waals surface area contributed by atoms with Crippen LogP contribution in [0.5, 0.6) is 5.75 Å². The van der Waals surface area contributed by atoms with Gasteiger partial charge in [-0.3, -0.25) is 4.68 Å². The van der Waals surface area contributed by atoms with Gasteiger partial charge in [0.15, 0.2) is 5.82 Å². The van der Waals surface area contributed by atoms with Gasteiger partial charge in [-0.2, -0.15) is 5.10 Å². The first kappa shape index (κ1) is 12.6. The van der Waals surface area contributed by atoms with Crippen LogP contribution >= 0.6 is 0 Å².